The monoisotopic (exact) mass is 715 g/mol. The van der Waals surface area contributed by atoms with Crippen molar-refractivity contribution in [3.63, 3.8) is 0 Å². The van der Waals surface area contributed by atoms with Crippen molar-refractivity contribution < 1.29 is 4.42 Å². The zero-order valence-corrected chi connectivity index (χ0v) is 30.8. The standard InChI is InChI=1S/C54H37NO/c1-3-16-36(17-4-1)41-33-42(37-18-5-2-6-19-37)35-43(34-41)55(50-28-15-27-49-46-24-13-14-29-51(46)56-54(49)50)53-48-26-12-10-23-45(48)44-22-9-11-25-47(44)52(53)40-31-30-38-20-7-8-21-39(38)32-40/h1-30,32-35,40H,31H2. The number of benzene rings is 9. The lowest BCUT2D eigenvalue weighted by Gasteiger charge is -2.33. The minimum Gasteiger partial charge on any atom is -0.454 e. The number of fused-ring (bicyclic) bond motifs is 7. The molecule has 0 saturated heterocycles. The molecule has 0 fully saturated rings. The van der Waals surface area contributed by atoms with Gasteiger partial charge in [0.15, 0.2) is 5.58 Å². The predicted octanol–water partition coefficient (Wildman–Crippen LogP) is 13.4. The average Bonchev–Trinajstić information content (AvgIpc) is 3.66. The maximum absolute atomic E-state index is 6.91. The summed E-state index contributed by atoms with van der Waals surface area (Å²) in [7, 11) is 0. The molecule has 1 atom stereocenters. The van der Waals surface area contributed by atoms with Gasteiger partial charge in [0, 0.05) is 27.8 Å². The van der Waals surface area contributed by atoms with Gasteiger partial charge in [-0.1, -0.05) is 176 Å². The van der Waals surface area contributed by atoms with Gasteiger partial charge in [-0.05, 0) is 91.2 Å². The second-order valence-corrected chi connectivity index (χ2v) is 14.8. The van der Waals surface area contributed by atoms with E-state index in [0.717, 1.165) is 50.9 Å². The zero-order valence-electron chi connectivity index (χ0n) is 30.8. The minimum absolute atomic E-state index is 0.123. The van der Waals surface area contributed by atoms with Gasteiger partial charge in [-0.3, -0.25) is 0 Å². The summed E-state index contributed by atoms with van der Waals surface area (Å²) < 4.78 is 6.91. The topological polar surface area (TPSA) is 16.4 Å². The van der Waals surface area contributed by atoms with Crippen LogP contribution in [0, 0.1) is 0 Å². The van der Waals surface area contributed by atoms with Crippen LogP contribution in [0.3, 0.4) is 0 Å². The number of anilines is 3. The van der Waals surface area contributed by atoms with Crippen LogP contribution in [0.1, 0.15) is 17.9 Å². The van der Waals surface area contributed by atoms with Crippen LogP contribution < -0.4 is 15.3 Å². The van der Waals surface area contributed by atoms with Crippen molar-refractivity contribution in [1.82, 2.24) is 0 Å². The van der Waals surface area contributed by atoms with Crippen molar-refractivity contribution >= 4 is 72.7 Å². The Kier molecular flexibility index (Phi) is 7.67. The van der Waals surface area contributed by atoms with Gasteiger partial charge in [0.1, 0.15) is 5.58 Å². The van der Waals surface area contributed by atoms with Crippen LogP contribution in [0.25, 0.3) is 77.9 Å². The highest BCUT2D eigenvalue weighted by Gasteiger charge is 2.29. The first-order valence-electron chi connectivity index (χ1n) is 19.5. The quantitative estimate of drug-likeness (QED) is 0.159. The Balaban J connectivity index is 1.31. The lowest BCUT2D eigenvalue weighted by Crippen LogP contribution is -2.28. The van der Waals surface area contributed by atoms with Gasteiger partial charge in [0.05, 0.1) is 11.4 Å². The van der Waals surface area contributed by atoms with Gasteiger partial charge in [-0.2, -0.15) is 0 Å². The van der Waals surface area contributed by atoms with Gasteiger partial charge < -0.3 is 9.32 Å². The first kappa shape index (κ1) is 32.3. The molecule has 1 aliphatic rings. The van der Waals surface area contributed by atoms with E-state index >= 15 is 0 Å². The van der Waals surface area contributed by atoms with Gasteiger partial charge in [-0.25, -0.2) is 0 Å². The molecule has 56 heavy (non-hydrogen) atoms. The van der Waals surface area contributed by atoms with E-state index in [0.29, 0.717) is 0 Å². The molecule has 0 spiro atoms. The molecule has 1 unspecified atom stereocenters. The smallest absolute Gasteiger partial charge is 0.159 e. The largest absolute Gasteiger partial charge is 0.454 e. The van der Waals surface area contributed by atoms with Crippen molar-refractivity contribution in [2.45, 2.75) is 12.3 Å². The number of nitrogens with zero attached hydrogens (tertiary/aromatic N) is 1. The molecule has 264 valence electrons. The third-order valence-corrected chi connectivity index (χ3v) is 11.5. The van der Waals surface area contributed by atoms with Crippen LogP contribution in [-0.2, 0) is 0 Å². The van der Waals surface area contributed by atoms with E-state index in [1.165, 1.54) is 54.4 Å². The SMILES string of the molecule is C1=c2ccccc2=CC(c2c(N(c3cc(-c4ccccc4)cc(-c4ccccc4)c3)c3cccc4c3oc3ccccc34)c3ccccc3c3ccccc23)C1. The molecule has 9 aromatic carbocycles. The molecular weight excluding hydrogens is 679 g/mol. The summed E-state index contributed by atoms with van der Waals surface area (Å²) in [5.41, 5.74) is 11.0. The lowest BCUT2D eigenvalue weighted by atomic mass is 9.83. The summed E-state index contributed by atoms with van der Waals surface area (Å²) in [6.07, 6.45) is 5.81. The van der Waals surface area contributed by atoms with E-state index < -0.39 is 0 Å². The van der Waals surface area contributed by atoms with E-state index in [1.54, 1.807) is 0 Å². The summed E-state index contributed by atoms with van der Waals surface area (Å²) in [6.45, 7) is 0. The first-order valence-corrected chi connectivity index (χ1v) is 19.5. The maximum Gasteiger partial charge on any atom is 0.159 e. The predicted molar refractivity (Wildman–Crippen MR) is 236 cm³/mol. The number of rotatable bonds is 6. The molecule has 0 bridgehead atoms. The van der Waals surface area contributed by atoms with Crippen LogP contribution >= 0.6 is 0 Å². The lowest BCUT2D eigenvalue weighted by molar-refractivity contribution is 0.669. The molecule has 0 N–H and O–H groups in total. The summed E-state index contributed by atoms with van der Waals surface area (Å²) in [4.78, 5) is 2.52. The Bertz CT molecular complexity index is 3170. The third kappa shape index (κ3) is 5.33. The summed E-state index contributed by atoms with van der Waals surface area (Å²) >= 11 is 0. The fourth-order valence-electron chi connectivity index (χ4n) is 8.99. The Morgan fingerprint density at radius 3 is 1.70 bits per heavy atom. The van der Waals surface area contributed by atoms with Crippen molar-refractivity contribution in [3.8, 4) is 22.3 Å². The summed E-state index contributed by atoms with van der Waals surface area (Å²) in [5, 5.41) is 9.74. The van der Waals surface area contributed by atoms with E-state index in [2.05, 4.69) is 211 Å². The molecule has 1 aliphatic carbocycles. The molecule has 2 heteroatoms. The maximum atomic E-state index is 6.91. The summed E-state index contributed by atoms with van der Waals surface area (Å²) in [5.74, 6) is 0.123. The highest BCUT2D eigenvalue weighted by molar-refractivity contribution is 6.19. The van der Waals surface area contributed by atoms with E-state index in [4.69, 9.17) is 4.42 Å². The Morgan fingerprint density at radius 2 is 0.982 bits per heavy atom. The van der Waals surface area contributed by atoms with Crippen molar-refractivity contribution in [2.24, 2.45) is 0 Å². The number of hydrogen-bond donors (Lipinski definition) is 0. The number of furan rings is 1. The second-order valence-electron chi connectivity index (χ2n) is 14.8. The highest BCUT2D eigenvalue weighted by atomic mass is 16.3. The molecule has 0 aliphatic heterocycles. The zero-order chi connectivity index (χ0) is 37.0. The van der Waals surface area contributed by atoms with Gasteiger partial charge in [0.25, 0.3) is 0 Å². The highest BCUT2D eigenvalue weighted by Crippen LogP contribution is 2.51. The number of hydrogen-bond acceptors (Lipinski definition) is 2. The molecular formula is C54H37NO. The van der Waals surface area contributed by atoms with Crippen molar-refractivity contribution in [3.05, 3.63) is 210 Å². The average molecular weight is 716 g/mol. The Hall–Kier alpha value is -7.16. The van der Waals surface area contributed by atoms with Crippen LogP contribution in [0.15, 0.2) is 199 Å². The molecule has 0 saturated carbocycles. The Labute approximate surface area is 325 Å². The molecule has 0 radical (unpaired) electrons. The normalized spacial score (nSPS) is 13.8. The molecule has 2 nitrogen and oxygen atoms in total. The van der Waals surface area contributed by atoms with Crippen LogP contribution in [0.5, 0.6) is 0 Å². The molecule has 1 aromatic heterocycles. The molecule has 10 aromatic rings. The number of para-hydroxylation sites is 2. The Morgan fingerprint density at radius 1 is 0.429 bits per heavy atom. The van der Waals surface area contributed by atoms with Crippen molar-refractivity contribution in [1.29, 1.82) is 0 Å². The van der Waals surface area contributed by atoms with Gasteiger partial charge in [-0.15, -0.1) is 0 Å². The second kappa shape index (κ2) is 13.3. The van der Waals surface area contributed by atoms with E-state index in [9.17, 15) is 0 Å². The van der Waals surface area contributed by atoms with Crippen LogP contribution in [0.4, 0.5) is 17.1 Å². The fraction of sp³-hybridized carbons (Fsp3) is 0.0370. The first-order chi connectivity index (χ1) is 27.8. The van der Waals surface area contributed by atoms with E-state index in [1.807, 2.05) is 0 Å². The summed E-state index contributed by atoms with van der Waals surface area (Å²) in [6, 6.07) is 70.3. The van der Waals surface area contributed by atoms with Gasteiger partial charge >= 0.3 is 0 Å². The van der Waals surface area contributed by atoms with Crippen LogP contribution in [0.2, 0.25) is 0 Å². The van der Waals surface area contributed by atoms with E-state index in [-0.39, 0.29) is 5.92 Å². The third-order valence-electron chi connectivity index (χ3n) is 11.5. The molecule has 1 heterocycles. The van der Waals surface area contributed by atoms with Crippen molar-refractivity contribution in [2.75, 3.05) is 4.90 Å². The molecule has 11 rings (SSSR count). The minimum atomic E-state index is 0.123. The fourth-order valence-corrected chi connectivity index (χ4v) is 8.99. The molecule has 0 amide bonds. The van der Waals surface area contributed by atoms with Crippen LogP contribution in [-0.4, -0.2) is 0 Å². The van der Waals surface area contributed by atoms with Gasteiger partial charge in [0.2, 0.25) is 0 Å².